The lowest BCUT2D eigenvalue weighted by atomic mass is 10.1. The highest BCUT2D eigenvalue weighted by molar-refractivity contribution is 7.91. The normalized spacial score (nSPS) is 13.0. The van der Waals surface area contributed by atoms with Gasteiger partial charge in [0, 0.05) is 19.1 Å². The zero-order chi connectivity index (χ0) is 21.1. The highest BCUT2D eigenvalue weighted by Gasteiger charge is 2.20. The number of hydrogen-bond acceptors (Lipinski definition) is 4. The van der Waals surface area contributed by atoms with E-state index < -0.39 is 9.84 Å². The minimum Gasteiger partial charge on any atom is -0.497 e. The van der Waals surface area contributed by atoms with Crippen LogP contribution in [0.2, 0.25) is 0 Å². The maximum Gasteiger partial charge on any atom is 0.191 e. The topological polar surface area (TPSA) is 79.8 Å². The van der Waals surface area contributed by atoms with E-state index in [1.54, 1.807) is 31.4 Å². The Hall–Kier alpha value is -2.54. The van der Waals surface area contributed by atoms with Gasteiger partial charge in [-0.1, -0.05) is 37.3 Å². The summed E-state index contributed by atoms with van der Waals surface area (Å²) in [5.74, 6) is 1.49. The van der Waals surface area contributed by atoms with Gasteiger partial charge in [0.25, 0.3) is 0 Å². The zero-order valence-electron chi connectivity index (χ0n) is 17.4. The minimum atomic E-state index is -3.36. The Bertz CT molecular complexity index is 866. The van der Waals surface area contributed by atoms with Gasteiger partial charge in [-0.15, -0.1) is 0 Å². The molecule has 0 aliphatic rings. The number of sulfone groups is 1. The molecule has 29 heavy (non-hydrogen) atoms. The number of hydrogen-bond donors (Lipinski definition) is 2. The van der Waals surface area contributed by atoms with Crippen molar-refractivity contribution in [2.75, 3.05) is 26.0 Å². The number of methoxy groups -OCH3 is 1. The molecule has 2 aromatic carbocycles. The number of benzene rings is 2. The summed E-state index contributed by atoms with van der Waals surface area (Å²) < 4.78 is 30.5. The van der Waals surface area contributed by atoms with E-state index in [4.69, 9.17) is 4.74 Å². The van der Waals surface area contributed by atoms with E-state index in [2.05, 4.69) is 15.6 Å². The van der Waals surface area contributed by atoms with Crippen molar-refractivity contribution < 1.29 is 13.2 Å². The molecule has 0 spiro atoms. The lowest BCUT2D eigenvalue weighted by Crippen LogP contribution is -2.46. The average molecular weight is 418 g/mol. The Morgan fingerprint density at radius 1 is 1.07 bits per heavy atom. The summed E-state index contributed by atoms with van der Waals surface area (Å²) in [6.45, 7) is 5.27. The summed E-state index contributed by atoms with van der Waals surface area (Å²) in [5.41, 5.74) is 1.17. The average Bonchev–Trinajstić information content (AvgIpc) is 2.74. The number of ether oxygens (including phenoxy) is 1. The van der Waals surface area contributed by atoms with Crippen molar-refractivity contribution >= 4 is 15.8 Å². The molecular weight excluding hydrogens is 386 g/mol. The lowest BCUT2D eigenvalue weighted by molar-refractivity contribution is 0.414. The monoisotopic (exact) mass is 417 g/mol. The van der Waals surface area contributed by atoms with Crippen LogP contribution in [0.5, 0.6) is 5.75 Å². The van der Waals surface area contributed by atoms with Crippen LogP contribution in [0.4, 0.5) is 0 Å². The van der Waals surface area contributed by atoms with Crippen LogP contribution in [-0.2, 0) is 16.3 Å². The summed E-state index contributed by atoms with van der Waals surface area (Å²) in [6.07, 6.45) is 1.47. The fourth-order valence-electron chi connectivity index (χ4n) is 2.85. The van der Waals surface area contributed by atoms with Crippen LogP contribution in [0.1, 0.15) is 25.8 Å². The number of aliphatic imine (C=N–C) groups is 1. The molecule has 0 saturated carbocycles. The molecule has 0 aliphatic carbocycles. The molecule has 2 aromatic rings. The largest absolute Gasteiger partial charge is 0.497 e. The maximum atomic E-state index is 12.7. The van der Waals surface area contributed by atoms with E-state index in [0.29, 0.717) is 30.4 Å². The molecule has 0 aliphatic heterocycles. The Labute approximate surface area is 174 Å². The fourth-order valence-corrected chi connectivity index (χ4v) is 4.47. The molecular formula is C22H31N3O3S. The van der Waals surface area contributed by atoms with Crippen molar-refractivity contribution in [2.24, 2.45) is 4.99 Å². The Kier molecular flexibility index (Phi) is 8.99. The summed E-state index contributed by atoms with van der Waals surface area (Å²) in [7, 11) is -1.71. The van der Waals surface area contributed by atoms with Gasteiger partial charge in [0.05, 0.1) is 17.8 Å². The van der Waals surface area contributed by atoms with Crippen molar-refractivity contribution in [2.45, 2.75) is 37.6 Å². The molecule has 0 radical (unpaired) electrons. The van der Waals surface area contributed by atoms with Gasteiger partial charge < -0.3 is 15.4 Å². The molecule has 1 atom stereocenters. The molecule has 0 saturated heterocycles. The molecule has 0 heterocycles. The van der Waals surface area contributed by atoms with Gasteiger partial charge in [0.15, 0.2) is 15.8 Å². The molecule has 0 aromatic heterocycles. The molecule has 0 amide bonds. The number of rotatable bonds is 10. The second kappa shape index (κ2) is 11.5. The van der Waals surface area contributed by atoms with E-state index in [-0.39, 0.29) is 11.8 Å². The maximum absolute atomic E-state index is 12.7. The van der Waals surface area contributed by atoms with Crippen LogP contribution in [0.3, 0.4) is 0 Å². The predicted molar refractivity (Wildman–Crippen MR) is 118 cm³/mol. The SMILES string of the molecule is CCNC(=NCCc1ccc(OC)cc1)NC(CC)CS(=O)(=O)c1ccccc1. The molecule has 7 heteroatoms. The van der Waals surface area contributed by atoms with E-state index in [9.17, 15) is 8.42 Å². The quantitative estimate of drug-likeness (QED) is 0.459. The predicted octanol–water partition coefficient (Wildman–Crippen LogP) is 3.05. The Balaban J connectivity index is 1.99. The van der Waals surface area contributed by atoms with Crippen molar-refractivity contribution in [1.29, 1.82) is 0 Å². The van der Waals surface area contributed by atoms with Gasteiger partial charge in [-0.05, 0) is 49.6 Å². The number of nitrogens with one attached hydrogen (secondary N) is 2. The van der Waals surface area contributed by atoms with Crippen LogP contribution in [0.25, 0.3) is 0 Å². The second-order valence-corrected chi connectivity index (χ2v) is 8.74. The highest BCUT2D eigenvalue weighted by Crippen LogP contribution is 2.13. The zero-order valence-corrected chi connectivity index (χ0v) is 18.2. The molecule has 0 fully saturated rings. The smallest absolute Gasteiger partial charge is 0.191 e. The molecule has 0 bridgehead atoms. The van der Waals surface area contributed by atoms with Gasteiger partial charge in [-0.3, -0.25) is 4.99 Å². The van der Waals surface area contributed by atoms with Crippen molar-refractivity contribution in [1.82, 2.24) is 10.6 Å². The first-order valence-corrected chi connectivity index (χ1v) is 11.6. The van der Waals surface area contributed by atoms with Crippen molar-refractivity contribution in [3.8, 4) is 5.75 Å². The van der Waals surface area contributed by atoms with Crippen LogP contribution < -0.4 is 15.4 Å². The lowest BCUT2D eigenvalue weighted by Gasteiger charge is -2.20. The fraction of sp³-hybridized carbons (Fsp3) is 0.409. The molecule has 2 rings (SSSR count). The molecule has 1 unspecified atom stereocenters. The first-order valence-electron chi connectivity index (χ1n) is 9.94. The number of nitrogens with zero attached hydrogens (tertiary/aromatic N) is 1. The summed E-state index contributed by atoms with van der Waals surface area (Å²) in [6, 6.07) is 16.3. The Morgan fingerprint density at radius 3 is 2.34 bits per heavy atom. The highest BCUT2D eigenvalue weighted by atomic mass is 32.2. The van der Waals surface area contributed by atoms with E-state index in [1.807, 2.05) is 44.2 Å². The minimum absolute atomic E-state index is 0.0242. The van der Waals surface area contributed by atoms with Crippen LogP contribution in [0, 0.1) is 0 Å². The second-order valence-electron chi connectivity index (χ2n) is 6.70. The third kappa shape index (κ3) is 7.42. The van der Waals surface area contributed by atoms with Gasteiger partial charge in [0.2, 0.25) is 0 Å². The number of guanidine groups is 1. The van der Waals surface area contributed by atoms with Crippen LogP contribution >= 0.6 is 0 Å². The van der Waals surface area contributed by atoms with Gasteiger partial charge >= 0.3 is 0 Å². The van der Waals surface area contributed by atoms with Crippen LogP contribution in [0.15, 0.2) is 64.5 Å². The standard InChI is InChI=1S/C22H31N3O3S/c1-4-19(17-29(26,27)21-9-7-6-8-10-21)25-22(23-5-2)24-16-15-18-11-13-20(28-3)14-12-18/h6-14,19H,4-5,15-17H2,1-3H3,(H2,23,24,25). The first-order chi connectivity index (χ1) is 14.0. The van der Waals surface area contributed by atoms with Gasteiger partial charge in [-0.2, -0.15) is 0 Å². The first kappa shape index (κ1) is 22.7. The summed E-state index contributed by atoms with van der Waals surface area (Å²) in [5, 5.41) is 6.48. The van der Waals surface area contributed by atoms with Gasteiger partial charge in [-0.25, -0.2) is 8.42 Å². The Morgan fingerprint density at radius 2 is 1.76 bits per heavy atom. The molecule has 2 N–H and O–H groups in total. The van der Waals surface area contributed by atoms with Crippen molar-refractivity contribution in [3.63, 3.8) is 0 Å². The van der Waals surface area contributed by atoms with Gasteiger partial charge in [0.1, 0.15) is 5.75 Å². The molecule has 6 nitrogen and oxygen atoms in total. The van der Waals surface area contributed by atoms with E-state index >= 15 is 0 Å². The molecule has 158 valence electrons. The summed E-state index contributed by atoms with van der Waals surface area (Å²) >= 11 is 0. The van der Waals surface area contributed by atoms with E-state index in [1.165, 1.54) is 5.56 Å². The third-order valence-corrected chi connectivity index (χ3v) is 6.36. The third-order valence-electron chi connectivity index (χ3n) is 4.53. The van der Waals surface area contributed by atoms with E-state index in [0.717, 1.165) is 12.2 Å². The summed E-state index contributed by atoms with van der Waals surface area (Å²) in [4.78, 5) is 4.96. The van der Waals surface area contributed by atoms with Crippen LogP contribution in [-0.4, -0.2) is 46.4 Å². The van der Waals surface area contributed by atoms with Crippen molar-refractivity contribution in [3.05, 3.63) is 60.2 Å².